The minimum absolute atomic E-state index is 0.0316. The molecule has 0 aromatic heterocycles. The Hall–Kier alpha value is -0.570. The molecular formula is C14H24O3. The number of hydrogen-bond acceptors (Lipinski definition) is 3. The number of rotatable bonds is 1. The Bertz CT molecular complexity index is 295. The van der Waals surface area contributed by atoms with Gasteiger partial charge in [-0.2, -0.15) is 0 Å². The van der Waals surface area contributed by atoms with Crippen LogP contribution in [0.4, 0.5) is 0 Å². The van der Waals surface area contributed by atoms with E-state index in [4.69, 9.17) is 9.47 Å². The molecule has 1 heterocycles. The van der Waals surface area contributed by atoms with Gasteiger partial charge in [-0.1, -0.05) is 20.8 Å². The van der Waals surface area contributed by atoms with Gasteiger partial charge in [-0.15, -0.1) is 0 Å². The fourth-order valence-corrected chi connectivity index (χ4v) is 3.37. The van der Waals surface area contributed by atoms with Gasteiger partial charge in [0, 0.05) is 7.11 Å². The molecule has 1 saturated carbocycles. The molecule has 0 N–H and O–H groups in total. The Labute approximate surface area is 104 Å². The summed E-state index contributed by atoms with van der Waals surface area (Å²) in [6.07, 6.45) is 4.58. The summed E-state index contributed by atoms with van der Waals surface area (Å²) in [7, 11) is 1.68. The zero-order valence-corrected chi connectivity index (χ0v) is 11.4. The van der Waals surface area contributed by atoms with Crippen molar-refractivity contribution in [2.45, 2.75) is 64.6 Å². The van der Waals surface area contributed by atoms with Gasteiger partial charge in [-0.25, -0.2) is 0 Å². The molecule has 2 aliphatic rings. The highest BCUT2D eigenvalue weighted by Gasteiger charge is 2.52. The Morgan fingerprint density at radius 3 is 2.35 bits per heavy atom. The maximum atomic E-state index is 11.5. The number of methoxy groups -OCH3 is 1. The number of carbonyl (C=O) groups excluding carboxylic acids is 1. The predicted octanol–water partition coefficient (Wildman–Crippen LogP) is 2.92. The first-order valence-corrected chi connectivity index (χ1v) is 6.62. The van der Waals surface area contributed by atoms with Crippen LogP contribution in [0.25, 0.3) is 0 Å². The van der Waals surface area contributed by atoms with Crippen molar-refractivity contribution in [3.8, 4) is 0 Å². The third kappa shape index (κ3) is 2.35. The van der Waals surface area contributed by atoms with Crippen molar-refractivity contribution in [1.29, 1.82) is 0 Å². The summed E-state index contributed by atoms with van der Waals surface area (Å²) in [6, 6.07) is 0. The van der Waals surface area contributed by atoms with Crippen molar-refractivity contribution in [2.75, 3.05) is 7.11 Å². The second kappa shape index (κ2) is 4.27. The quantitative estimate of drug-likeness (QED) is 0.661. The molecule has 17 heavy (non-hydrogen) atoms. The summed E-state index contributed by atoms with van der Waals surface area (Å²) in [5.74, 6) is 0.635. The summed E-state index contributed by atoms with van der Waals surface area (Å²) in [6.45, 7) is 6.89. The smallest absolute Gasteiger partial charge is 0.309 e. The standard InChI is InChI=1S/C14H24O3/c1-13(2,3)10-5-7-14(8-6-10)11(16-4)9-12(15)17-14/h10-11H,5-9H2,1-4H3. The summed E-state index contributed by atoms with van der Waals surface area (Å²) in [5, 5.41) is 0. The molecule has 1 unspecified atom stereocenters. The SMILES string of the molecule is COC1CC(=O)OC12CCC(C(C)(C)C)CC2. The minimum Gasteiger partial charge on any atom is -0.456 e. The van der Waals surface area contributed by atoms with Gasteiger partial charge in [0.2, 0.25) is 0 Å². The fourth-order valence-electron chi connectivity index (χ4n) is 3.37. The van der Waals surface area contributed by atoms with Crippen molar-refractivity contribution >= 4 is 5.97 Å². The molecule has 0 aromatic rings. The molecule has 1 spiro atoms. The number of hydrogen-bond donors (Lipinski definition) is 0. The van der Waals surface area contributed by atoms with Crippen molar-refractivity contribution in [2.24, 2.45) is 11.3 Å². The van der Waals surface area contributed by atoms with E-state index in [0.29, 0.717) is 11.8 Å². The topological polar surface area (TPSA) is 35.5 Å². The Balaban J connectivity index is 2.04. The second-order valence-electron chi connectivity index (χ2n) is 6.61. The maximum absolute atomic E-state index is 11.5. The van der Waals surface area contributed by atoms with Crippen LogP contribution in [0.5, 0.6) is 0 Å². The first-order valence-electron chi connectivity index (χ1n) is 6.62. The molecule has 0 bridgehead atoms. The van der Waals surface area contributed by atoms with Crippen molar-refractivity contribution in [1.82, 2.24) is 0 Å². The Morgan fingerprint density at radius 1 is 1.29 bits per heavy atom. The van der Waals surface area contributed by atoms with E-state index in [1.54, 1.807) is 7.11 Å². The van der Waals surface area contributed by atoms with E-state index in [2.05, 4.69) is 20.8 Å². The van der Waals surface area contributed by atoms with Gasteiger partial charge < -0.3 is 9.47 Å². The van der Waals surface area contributed by atoms with Crippen LogP contribution in [0, 0.1) is 11.3 Å². The number of esters is 1. The third-order valence-electron chi connectivity index (χ3n) is 4.60. The van der Waals surface area contributed by atoms with E-state index in [-0.39, 0.29) is 17.7 Å². The zero-order chi connectivity index (χ0) is 12.7. The zero-order valence-electron chi connectivity index (χ0n) is 11.4. The molecule has 98 valence electrons. The van der Waals surface area contributed by atoms with Crippen LogP contribution in [0.1, 0.15) is 52.9 Å². The van der Waals surface area contributed by atoms with E-state index in [1.165, 1.54) is 0 Å². The van der Waals surface area contributed by atoms with E-state index >= 15 is 0 Å². The second-order valence-corrected chi connectivity index (χ2v) is 6.61. The van der Waals surface area contributed by atoms with Gasteiger partial charge in [0.05, 0.1) is 6.42 Å². The van der Waals surface area contributed by atoms with Crippen molar-refractivity contribution in [3.05, 3.63) is 0 Å². The molecule has 1 aliphatic heterocycles. The van der Waals surface area contributed by atoms with Crippen LogP contribution < -0.4 is 0 Å². The van der Waals surface area contributed by atoms with Crippen LogP contribution in [0.15, 0.2) is 0 Å². The largest absolute Gasteiger partial charge is 0.456 e. The summed E-state index contributed by atoms with van der Waals surface area (Å²) >= 11 is 0. The van der Waals surface area contributed by atoms with Gasteiger partial charge in [-0.05, 0) is 37.0 Å². The molecule has 2 fully saturated rings. The molecule has 3 heteroatoms. The van der Waals surface area contributed by atoms with Crippen LogP contribution >= 0.6 is 0 Å². The van der Waals surface area contributed by atoms with Crippen molar-refractivity contribution in [3.63, 3.8) is 0 Å². The van der Waals surface area contributed by atoms with E-state index in [0.717, 1.165) is 31.6 Å². The molecule has 1 saturated heterocycles. The number of ether oxygens (including phenoxy) is 2. The van der Waals surface area contributed by atoms with Gasteiger partial charge in [0.1, 0.15) is 11.7 Å². The first-order chi connectivity index (χ1) is 7.87. The molecule has 3 nitrogen and oxygen atoms in total. The van der Waals surface area contributed by atoms with Gasteiger partial charge in [0.25, 0.3) is 0 Å². The minimum atomic E-state index is -0.312. The lowest BCUT2D eigenvalue weighted by Crippen LogP contribution is -2.45. The molecule has 2 rings (SSSR count). The van der Waals surface area contributed by atoms with Gasteiger partial charge in [0.15, 0.2) is 0 Å². The lowest BCUT2D eigenvalue weighted by atomic mass is 9.67. The first kappa shape index (κ1) is 12.9. The van der Waals surface area contributed by atoms with E-state index < -0.39 is 0 Å². The average molecular weight is 240 g/mol. The van der Waals surface area contributed by atoms with E-state index in [9.17, 15) is 4.79 Å². The van der Waals surface area contributed by atoms with Crippen LogP contribution in [-0.2, 0) is 14.3 Å². The summed E-state index contributed by atoms with van der Waals surface area (Å²) in [5.41, 5.74) is 0.0420. The van der Waals surface area contributed by atoms with Crippen molar-refractivity contribution < 1.29 is 14.3 Å². The molecule has 0 radical (unpaired) electrons. The molecule has 0 amide bonds. The van der Waals surface area contributed by atoms with Gasteiger partial charge in [-0.3, -0.25) is 4.79 Å². The highest BCUT2D eigenvalue weighted by Crippen LogP contribution is 2.47. The number of carbonyl (C=O) groups is 1. The molecule has 1 aliphatic carbocycles. The highest BCUT2D eigenvalue weighted by atomic mass is 16.6. The lowest BCUT2D eigenvalue weighted by Gasteiger charge is -2.43. The van der Waals surface area contributed by atoms with Crippen LogP contribution in [0.2, 0.25) is 0 Å². The third-order valence-corrected chi connectivity index (χ3v) is 4.60. The predicted molar refractivity (Wildman–Crippen MR) is 65.7 cm³/mol. The Morgan fingerprint density at radius 2 is 1.88 bits per heavy atom. The molecule has 1 atom stereocenters. The van der Waals surface area contributed by atoms with E-state index in [1.807, 2.05) is 0 Å². The highest BCUT2D eigenvalue weighted by molar-refractivity contribution is 5.73. The molecule has 0 aromatic carbocycles. The monoisotopic (exact) mass is 240 g/mol. The Kier molecular flexibility index (Phi) is 3.23. The lowest BCUT2D eigenvalue weighted by molar-refractivity contribution is -0.158. The fraction of sp³-hybridized carbons (Fsp3) is 0.929. The van der Waals surface area contributed by atoms with Crippen LogP contribution in [-0.4, -0.2) is 24.8 Å². The summed E-state index contributed by atoms with van der Waals surface area (Å²) in [4.78, 5) is 11.5. The average Bonchev–Trinajstić information content (AvgIpc) is 2.54. The molecular weight excluding hydrogens is 216 g/mol. The summed E-state index contributed by atoms with van der Waals surface area (Å²) < 4.78 is 11.0. The maximum Gasteiger partial charge on any atom is 0.309 e. The van der Waals surface area contributed by atoms with Gasteiger partial charge >= 0.3 is 5.97 Å². The van der Waals surface area contributed by atoms with Crippen LogP contribution in [0.3, 0.4) is 0 Å². The normalized spacial score (nSPS) is 38.5.